The molecule has 1 aromatic heterocycles. The summed E-state index contributed by atoms with van der Waals surface area (Å²) >= 11 is 2.25. The van der Waals surface area contributed by atoms with Crippen LogP contribution in [0.25, 0.3) is 17.0 Å². The number of nitrogens with zero attached hydrogens (tertiary/aromatic N) is 1. The predicted molar refractivity (Wildman–Crippen MR) is 103 cm³/mol. The Morgan fingerprint density at radius 1 is 1.17 bits per heavy atom. The normalized spacial score (nSPS) is 11.0. The Morgan fingerprint density at radius 3 is 2.83 bits per heavy atom. The number of pyridine rings is 1. The zero-order valence-corrected chi connectivity index (χ0v) is 14.7. The number of fused-ring (bicyclic) bond motifs is 1. The molecule has 0 saturated carbocycles. The van der Waals surface area contributed by atoms with Gasteiger partial charge in [-0.15, -0.1) is 0 Å². The lowest BCUT2D eigenvalue weighted by Gasteiger charge is -2.06. The van der Waals surface area contributed by atoms with Gasteiger partial charge < -0.3 is 5.32 Å². The molecule has 0 saturated heterocycles. The van der Waals surface area contributed by atoms with Crippen molar-refractivity contribution in [2.75, 3.05) is 5.32 Å². The topological polar surface area (TPSA) is 42.0 Å². The highest BCUT2D eigenvalue weighted by Crippen LogP contribution is 2.19. The largest absolute Gasteiger partial charge is 0.322 e. The van der Waals surface area contributed by atoms with E-state index in [-0.39, 0.29) is 5.91 Å². The molecule has 4 heteroatoms. The van der Waals surface area contributed by atoms with E-state index in [2.05, 4.69) is 32.9 Å². The van der Waals surface area contributed by atoms with Crippen molar-refractivity contribution >= 4 is 51.2 Å². The summed E-state index contributed by atoms with van der Waals surface area (Å²) in [5, 5.41) is 3.97. The molecular formula is C19H15IN2O. The van der Waals surface area contributed by atoms with E-state index in [4.69, 9.17) is 0 Å². The van der Waals surface area contributed by atoms with Gasteiger partial charge in [0, 0.05) is 32.5 Å². The number of amides is 1. The van der Waals surface area contributed by atoms with Gasteiger partial charge in [-0.05, 0) is 65.4 Å². The smallest absolute Gasteiger partial charge is 0.248 e. The first-order valence-corrected chi connectivity index (χ1v) is 8.30. The van der Waals surface area contributed by atoms with Crippen molar-refractivity contribution in [2.45, 2.75) is 6.92 Å². The maximum Gasteiger partial charge on any atom is 0.248 e. The highest BCUT2D eigenvalue weighted by atomic mass is 127. The minimum absolute atomic E-state index is 0.151. The third kappa shape index (κ3) is 3.76. The number of aromatic nitrogens is 1. The Hall–Kier alpha value is -2.21. The fraction of sp³-hybridized carbons (Fsp3) is 0.0526. The van der Waals surface area contributed by atoms with Crippen LogP contribution in [0.2, 0.25) is 0 Å². The first-order valence-electron chi connectivity index (χ1n) is 7.22. The lowest BCUT2D eigenvalue weighted by Crippen LogP contribution is -2.09. The number of para-hydroxylation sites is 1. The van der Waals surface area contributed by atoms with Crippen molar-refractivity contribution in [1.29, 1.82) is 0 Å². The van der Waals surface area contributed by atoms with Crippen molar-refractivity contribution in [3.05, 3.63) is 75.5 Å². The first-order chi connectivity index (χ1) is 11.1. The van der Waals surface area contributed by atoms with E-state index >= 15 is 0 Å². The summed E-state index contributed by atoms with van der Waals surface area (Å²) in [5.74, 6) is -0.151. The molecule has 0 aliphatic carbocycles. The van der Waals surface area contributed by atoms with Gasteiger partial charge in [-0.3, -0.25) is 9.78 Å². The molecular weight excluding hydrogens is 399 g/mol. The molecule has 1 amide bonds. The van der Waals surface area contributed by atoms with Gasteiger partial charge in [0.25, 0.3) is 0 Å². The number of nitrogens with one attached hydrogen (secondary N) is 1. The van der Waals surface area contributed by atoms with E-state index < -0.39 is 0 Å². The van der Waals surface area contributed by atoms with Crippen LogP contribution in [0.1, 0.15) is 11.1 Å². The SMILES string of the molecule is Cc1cc(I)ccc1NC(=O)/C=C/c1cccc2cccnc12. The van der Waals surface area contributed by atoms with Crippen LogP contribution in [0.3, 0.4) is 0 Å². The predicted octanol–water partition coefficient (Wildman–Crippen LogP) is 4.80. The standard InChI is InChI=1S/C19H15IN2O/c1-13-12-16(20)8-9-17(13)22-18(23)10-7-15-5-2-4-14-6-3-11-21-19(14)15/h2-12H,1H3,(H,22,23)/b10-7+. The van der Waals surface area contributed by atoms with Gasteiger partial charge in [0.15, 0.2) is 0 Å². The molecule has 0 unspecified atom stereocenters. The van der Waals surface area contributed by atoms with E-state index in [1.54, 1.807) is 18.3 Å². The summed E-state index contributed by atoms with van der Waals surface area (Å²) in [5.41, 5.74) is 3.70. The molecule has 3 nitrogen and oxygen atoms in total. The first kappa shape index (κ1) is 15.7. The van der Waals surface area contributed by atoms with Crippen LogP contribution in [0.4, 0.5) is 5.69 Å². The zero-order chi connectivity index (χ0) is 16.2. The summed E-state index contributed by atoms with van der Waals surface area (Å²) in [6.45, 7) is 1.98. The van der Waals surface area contributed by atoms with Gasteiger partial charge in [-0.25, -0.2) is 0 Å². The molecule has 23 heavy (non-hydrogen) atoms. The average molecular weight is 414 g/mol. The van der Waals surface area contributed by atoms with Crippen LogP contribution in [0, 0.1) is 10.5 Å². The third-order valence-corrected chi connectivity index (χ3v) is 4.20. The summed E-state index contributed by atoms with van der Waals surface area (Å²) < 4.78 is 1.15. The number of benzene rings is 2. The Kier molecular flexibility index (Phi) is 4.71. The Morgan fingerprint density at radius 2 is 2.00 bits per heavy atom. The quantitative estimate of drug-likeness (QED) is 0.494. The lowest BCUT2D eigenvalue weighted by molar-refractivity contribution is -0.111. The summed E-state index contributed by atoms with van der Waals surface area (Å²) in [6.07, 6.45) is 5.10. The van der Waals surface area contributed by atoms with Gasteiger partial charge in [-0.2, -0.15) is 0 Å². The van der Waals surface area contributed by atoms with E-state index in [1.165, 1.54) is 0 Å². The molecule has 1 N–H and O–H groups in total. The van der Waals surface area contributed by atoms with Crippen LogP contribution in [-0.4, -0.2) is 10.9 Å². The van der Waals surface area contributed by atoms with Crippen molar-refractivity contribution < 1.29 is 4.79 Å². The van der Waals surface area contributed by atoms with Gasteiger partial charge in [0.1, 0.15) is 0 Å². The number of halogens is 1. The second-order valence-electron chi connectivity index (χ2n) is 5.20. The molecule has 0 fully saturated rings. The van der Waals surface area contributed by atoms with Crippen molar-refractivity contribution in [2.24, 2.45) is 0 Å². The number of aryl methyl sites for hydroxylation is 1. The van der Waals surface area contributed by atoms with Gasteiger partial charge in [-0.1, -0.05) is 24.3 Å². The Labute approximate surface area is 148 Å². The molecule has 0 aliphatic heterocycles. The van der Waals surface area contributed by atoms with Crippen LogP contribution >= 0.6 is 22.6 Å². The average Bonchev–Trinajstić information content (AvgIpc) is 2.55. The molecule has 0 aliphatic rings. The lowest BCUT2D eigenvalue weighted by atomic mass is 10.1. The molecule has 0 bridgehead atoms. The highest BCUT2D eigenvalue weighted by Gasteiger charge is 2.03. The number of carbonyl (C=O) groups is 1. The molecule has 3 aromatic rings. The monoisotopic (exact) mass is 414 g/mol. The van der Waals surface area contributed by atoms with Crippen LogP contribution < -0.4 is 5.32 Å². The second-order valence-corrected chi connectivity index (χ2v) is 6.45. The minimum Gasteiger partial charge on any atom is -0.322 e. The van der Waals surface area contributed by atoms with E-state index in [9.17, 15) is 4.79 Å². The Bertz CT molecular complexity index is 898. The van der Waals surface area contributed by atoms with Crippen LogP contribution in [0.5, 0.6) is 0 Å². The highest BCUT2D eigenvalue weighted by molar-refractivity contribution is 14.1. The Balaban J connectivity index is 1.80. The van der Waals surface area contributed by atoms with E-state index in [0.29, 0.717) is 0 Å². The van der Waals surface area contributed by atoms with Crippen molar-refractivity contribution in [3.8, 4) is 0 Å². The van der Waals surface area contributed by atoms with Crippen molar-refractivity contribution in [3.63, 3.8) is 0 Å². The number of anilines is 1. The second kappa shape index (κ2) is 6.91. The number of hydrogen-bond donors (Lipinski definition) is 1. The maximum atomic E-state index is 12.1. The molecule has 0 spiro atoms. The molecule has 0 atom stereocenters. The van der Waals surface area contributed by atoms with E-state index in [0.717, 1.165) is 31.3 Å². The molecule has 1 heterocycles. The summed E-state index contributed by atoms with van der Waals surface area (Å²) in [7, 11) is 0. The van der Waals surface area contributed by atoms with Crippen LogP contribution in [-0.2, 0) is 4.79 Å². The fourth-order valence-corrected chi connectivity index (χ4v) is 3.02. The molecule has 0 radical (unpaired) electrons. The number of hydrogen-bond acceptors (Lipinski definition) is 2. The summed E-state index contributed by atoms with van der Waals surface area (Å²) in [4.78, 5) is 16.5. The molecule has 114 valence electrons. The van der Waals surface area contributed by atoms with Gasteiger partial charge in [0.2, 0.25) is 5.91 Å². The van der Waals surface area contributed by atoms with Crippen molar-refractivity contribution in [1.82, 2.24) is 4.98 Å². The van der Waals surface area contributed by atoms with Gasteiger partial charge in [0.05, 0.1) is 5.52 Å². The minimum atomic E-state index is -0.151. The van der Waals surface area contributed by atoms with Crippen LogP contribution in [0.15, 0.2) is 60.8 Å². The summed E-state index contributed by atoms with van der Waals surface area (Å²) in [6, 6.07) is 15.8. The zero-order valence-electron chi connectivity index (χ0n) is 12.6. The molecule has 2 aromatic carbocycles. The number of carbonyl (C=O) groups excluding carboxylic acids is 1. The fourth-order valence-electron chi connectivity index (χ4n) is 2.37. The maximum absolute atomic E-state index is 12.1. The van der Waals surface area contributed by atoms with Gasteiger partial charge >= 0.3 is 0 Å². The van der Waals surface area contributed by atoms with E-state index in [1.807, 2.05) is 55.5 Å². The molecule has 3 rings (SSSR count). The number of rotatable bonds is 3. The third-order valence-electron chi connectivity index (χ3n) is 3.52.